The molecule has 104 valence electrons. The van der Waals surface area contributed by atoms with E-state index in [0.29, 0.717) is 6.04 Å². The van der Waals surface area contributed by atoms with E-state index in [1.807, 2.05) is 0 Å². The van der Waals surface area contributed by atoms with E-state index in [-0.39, 0.29) is 5.60 Å². The second kappa shape index (κ2) is 5.54. The first-order valence-electron chi connectivity index (χ1n) is 7.79. The average Bonchev–Trinajstić information content (AvgIpc) is 2.87. The van der Waals surface area contributed by atoms with Gasteiger partial charge in [-0.15, -0.1) is 0 Å². The summed E-state index contributed by atoms with van der Waals surface area (Å²) in [6.07, 6.45) is 8.64. The van der Waals surface area contributed by atoms with E-state index in [0.717, 1.165) is 19.4 Å². The molecule has 1 heterocycles. The van der Waals surface area contributed by atoms with Gasteiger partial charge in [-0.1, -0.05) is 31.9 Å². The predicted octanol–water partition coefficient (Wildman–Crippen LogP) is 4.15. The lowest BCUT2D eigenvalue weighted by Crippen LogP contribution is -2.42. The number of rotatable bonds is 3. The van der Waals surface area contributed by atoms with Gasteiger partial charge in [-0.3, -0.25) is 0 Å². The highest BCUT2D eigenvalue weighted by molar-refractivity contribution is 5.46. The molecule has 1 aliphatic carbocycles. The summed E-state index contributed by atoms with van der Waals surface area (Å²) in [7, 11) is 0. The Morgan fingerprint density at radius 3 is 2.95 bits per heavy atom. The molecule has 1 unspecified atom stereocenters. The number of aryl methyl sites for hydroxylation is 1. The number of ether oxygens (including phenoxy) is 1. The fraction of sp³-hybridized carbons (Fsp3) is 0.647. The Bertz CT molecular complexity index is 423. The Balaban J connectivity index is 1.65. The van der Waals surface area contributed by atoms with Gasteiger partial charge in [0.25, 0.3) is 0 Å². The van der Waals surface area contributed by atoms with Crippen LogP contribution >= 0.6 is 0 Å². The van der Waals surface area contributed by atoms with E-state index in [2.05, 4.69) is 36.5 Å². The molecule has 2 nitrogen and oxygen atoms in total. The zero-order valence-electron chi connectivity index (χ0n) is 12.0. The largest absolute Gasteiger partial charge is 0.382 e. The molecule has 1 saturated heterocycles. The van der Waals surface area contributed by atoms with Crippen LogP contribution in [0.1, 0.15) is 51.0 Å². The third kappa shape index (κ3) is 2.94. The van der Waals surface area contributed by atoms with Crippen molar-refractivity contribution in [3.63, 3.8) is 0 Å². The topological polar surface area (TPSA) is 21.3 Å². The molecule has 0 radical (unpaired) electrons. The van der Waals surface area contributed by atoms with Gasteiger partial charge < -0.3 is 10.1 Å². The third-order valence-electron chi connectivity index (χ3n) is 4.71. The smallest absolute Gasteiger partial charge is 0.0702 e. The number of benzene rings is 1. The molecule has 1 aliphatic heterocycles. The molecule has 3 rings (SSSR count). The molecular weight excluding hydrogens is 234 g/mol. The van der Waals surface area contributed by atoms with Gasteiger partial charge in [-0.2, -0.15) is 0 Å². The van der Waals surface area contributed by atoms with Gasteiger partial charge in [0.1, 0.15) is 0 Å². The fourth-order valence-corrected chi connectivity index (χ4v) is 3.64. The van der Waals surface area contributed by atoms with Crippen LogP contribution in [0.2, 0.25) is 0 Å². The minimum atomic E-state index is 0.207. The van der Waals surface area contributed by atoms with Crippen LogP contribution in [0.4, 0.5) is 5.69 Å². The summed E-state index contributed by atoms with van der Waals surface area (Å²) in [4.78, 5) is 0. The van der Waals surface area contributed by atoms with E-state index >= 15 is 0 Å². The summed E-state index contributed by atoms with van der Waals surface area (Å²) in [6.45, 7) is 3.13. The van der Waals surface area contributed by atoms with Crippen LogP contribution in [0.15, 0.2) is 24.3 Å². The number of hydrogen-bond acceptors (Lipinski definition) is 2. The summed E-state index contributed by atoms with van der Waals surface area (Å²) in [6, 6.07) is 9.42. The zero-order chi connectivity index (χ0) is 13.1. The standard InChI is InChI=1S/C17H25NO/c1-2-14-6-5-7-15(12-14)18-16-8-11-19-17(13-16)9-3-4-10-17/h5-7,12,16,18H,2-4,8-11,13H2,1H3. The van der Waals surface area contributed by atoms with E-state index < -0.39 is 0 Å². The maximum atomic E-state index is 6.10. The van der Waals surface area contributed by atoms with Crippen LogP contribution < -0.4 is 5.32 Å². The van der Waals surface area contributed by atoms with Gasteiger partial charge in [0.15, 0.2) is 0 Å². The molecule has 1 aromatic carbocycles. The molecule has 2 heteroatoms. The molecule has 1 N–H and O–H groups in total. The van der Waals surface area contributed by atoms with Crippen molar-refractivity contribution in [3.8, 4) is 0 Å². The molecular formula is C17H25NO. The maximum absolute atomic E-state index is 6.10. The lowest BCUT2D eigenvalue weighted by Gasteiger charge is -2.39. The van der Waals surface area contributed by atoms with Gasteiger partial charge in [-0.25, -0.2) is 0 Å². The highest BCUT2D eigenvalue weighted by atomic mass is 16.5. The van der Waals surface area contributed by atoms with Crippen molar-refractivity contribution in [2.45, 2.75) is 63.5 Å². The second-order valence-corrected chi connectivity index (χ2v) is 6.13. The second-order valence-electron chi connectivity index (χ2n) is 6.13. The van der Waals surface area contributed by atoms with Crippen LogP contribution in [0.3, 0.4) is 0 Å². The van der Waals surface area contributed by atoms with Gasteiger partial charge in [0.2, 0.25) is 0 Å². The van der Waals surface area contributed by atoms with Crippen LogP contribution in [0, 0.1) is 0 Å². The third-order valence-corrected chi connectivity index (χ3v) is 4.71. The van der Waals surface area contributed by atoms with Gasteiger partial charge in [0.05, 0.1) is 5.60 Å². The highest BCUT2D eigenvalue weighted by Crippen LogP contribution is 2.40. The number of hydrogen-bond donors (Lipinski definition) is 1. The molecule has 2 fully saturated rings. The molecule has 1 aromatic rings. The van der Waals surface area contributed by atoms with Crippen molar-refractivity contribution < 1.29 is 4.74 Å². The normalized spacial score (nSPS) is 25.6. The number of nitrogens with one attached hydrogen (secondary N) is 1. The Morgan fingerprint density at radius 1 is 1.32 bits per heavy atom. The van der Waals surface area contributed by atoms with Crippen LogP contribution in [0.25, 0.3) is 0 Å². The molecule has 1 spiro atoms. The van der Waals surface area contributed by atoms with Crippen molar-refractivity contribution in [1.29, 1.82) is 0 Å². The zero-order valence-corrected chi connectivity index (χ0v) is 12.0. The quantitative estimate of drug-likeness (QED) is 0.880. The fourth-order valence-electron chi connectivity index (χ4n) is 3.64. The van der Waals surface area contributed by atoms with Crippen molar-refractivity contribution in [1.82, 2.24) is 0 Å². The first kappa shape index (κ1) is 13.0. The Hall–Kier alpha value is -1.02. The lowest BCUT2D eigenvalue weighted by molar-refractivity contribution is -0.0767. The van der Waals surface area contributed by atoms with E-state index in [9.17, 15) is 0 Å². The SMILES string of the molecule is CCc1cccc(NC2CCOC3(CCCC3)C2)c1. The number of anilines is 1. The Kier molecular flexibility index (Phi) is 3.79. The van der Waals surface area contributed by atoms with E-state index in [1.165, 1.54) is 43.4 Å². The van der Waals surface area contributed by atoms with Crippen LogP contribution in [-0.4, -0.2) is 18.2 Å². The molecule has 2 aliphatic rings. The monoisotopic (exact) mass is 259 g/mol. The summed E-state index contributed by atoms with van der Waals surface area (Å²) >= 11 is 0. The minimum absolute atomic E-state index is 0.207. The Morgan fingerprint density at radius 2 is 2.16 bits per heavy atom. The summed E-state index contributed by atoms with van der Waals surface area (Å²) in [5.41, 5.74) is 2.89. The molecule has 19 heavy (non-hydrogen) atoms. The van der Waals surface area contributed by atoms with Crippen LogP contribution in [0.5, 0.6) is 0 Å². The summed E-state index contributed by atoms with van der Waals surface area (Å²) in [5, 5.41) is 3.73. The first-order chi connectivity index (χ1) is 9.30. The molecule has 1 atom stereocenters. The lowest BCUT2D eigenvalue weighted by atomic mass is 9.89. The molecule has 0 amide bonds. The predicted molar refractivity (Wildman–Crippen MR) is 79.6 cm³/mol. The van der Waals surface area contributed by atoms with Crippen molar-refractivity contribution in [2.75, 3.05) is 11.9 Å². The van der Waals surface area contributed by atoms with Crippen molar-refractivity contribution in [2.24, 2.45) is 0 Å². The first-order valence-corrected chi connectivity index (χ1v) is 7.79. The molecule has 1 saturated carbocycles. The molecule has 0 bridgehead atoms. The van der Waals surface area contributed by atoms with Gasteiger partial charge >= 0.3 is 0 Å². The van der Waals surface area contributed by atoms with Crippen LogP contribution in [-0.2, 0) is 11.2 Å². The highest BCUT2D eigenvalue weighted by Gasteiger charge is 2.39. The average molecular weight is 259 g/mol. The van der Waals surface area contributed by atoms with E-state index in [4.69, 9.17) is 4.74 Å². The van der Waals surface area contributed by atoms with Gasteiger partial charge in [0, 0.05) is 18.3 Å². The van der Waals surface area contributed by atoms with Crippen molar-refractivity contribution in [3.05, 3.63) is 29.8 Å². The van der Waals surface area contributed by atoms with Gasteiger partial charge in [-0.05, 0) is 49.8 Å². The minimum Gasteiger partial charge on any atom is -0.382 e. The van der Waals surface area contributed by atoms with Crippen molar-refractivity contribution >= 4 is 5.69 Å². The molecule has 0 aromatic heterocycles. The Labute approximate surface area is 116 Å². The summed E-state index contributed by atoms with van der Waals surface area (Å²) < 4.78 is 6.10. The maximum Gasteiger partial charge on any atom is 0.0702 e. The van der Waals surface area contributed by atoms with E-state index in [1.54, 1.807) is 0 Å². The summed E-state index contributed by atoms with van der Waals surface area (Å²) in [5.74, 6) is 0.